The van der Waals surface area contributed by atoms with Gasteiger partial charge in [-0.3, -0.25) is 19.6 Å². The van der Waals surface area contributed by atoms with E-state index in [-0.39, 0.29) is 62.9 Å². The summed E-state index contributed by atoms with van der Waals surface area (Å²) in [5.41, 5.74) is 30.0. The fourth-order valence-electron chi connectivity index (χ4n) is 5.78. The monoisotopic (exact) mass is 1600 g/mol. The maximum absolute atomic E-state index is 11.2. The number of hydrogen-bond donors (Lipinski definition) is 12. The van der Waals surface area contributed by atoms with Crippen LogP contribution in [-0.4, -0.2) is 182 Å². The molecular formula is C61H76BrCl2N16O14S6-. The molecule has 39 heteroatoms. The number of thiocarbonyl (C=S) groups is 4. The number of hydrazone groups is 3. The quantitative estimate of drug-likeness (QED) is 0.00495. The minimum absolute atomic E-state index is 0. The number of nitrogens with two attached hydrogens (primary N) is 7. The van der Waals surface area contributed by atoms with Gasteiger partial charge in [-0.2, -0.15) is 15.3 Å². The minimum Gasteiger partial charge on any atom is -0.748 e. The largest absolute Gasteiger partial charge is 0.748 e. The van der Waals surface area contributed by atoms with Crippen LogP contribution in [0, 0.1) is 0 Å². The van der Waals surface area contributed by atoms with Crippen LogP contribution in [0.15, 0.2) is 166 Å². The Labute approximate surface area is 624 Å². The van der Waals surface area contributed by atoms with Crippen LogP contribution in [0.4, 0.5) is 5.13 Å². The van der Waals surface area contributed by atoms with Gasteiger partial charge >= 0.3 is 23.9 Å². The van der Waals surface area contributed by atoms with E-state index in [4.69, 9.17) is 117 Å². The van der Waals surface area contributed by atoms with Crippen molar-refractivity contribution in [3.63, 3.8) is 0 Å². The molecule has 30 nitrogen and oxygen atoms in total. The molecule has 0 aliphatic rings. The molecule has 19 N–H and O–H groups in total. The van der Waals surface area contributed by atoms with E-state index in [9.17, 15) is 33.9 Å². The van der Waals surface area contributed by atoms with Gasteiger partial charge in [0.25, 0.3) is 0 Å². The number of alkyl halides is 1. The highest BCUT2D eigenvalue weighted by atomic mass is 79.9. The minimum atomic E-state index is -2.77. The van der Waals surface area contributed by atoms with E-state index in [1.807, 2.05) is 36.6 Å². The average molecular weight is 1600 g/mol. The van der Waals surface area contributed by atoms with Gasteiger partial charge in [-0.25, -0.2) is 60.3 Å². The second-order valence-electron chi connectivity index (χ2n) is 17.8. The van der Waals surface area contributed by atoms with Crippen LogP contribution in [0.3, 0.4) is 0 Å². The van der Waals surface area contributed by atoms with Crippen molar-refractivity contribution < 1.29 is 69.0 Å². The highest BCUT2D eigenvalue weighted by Gasteiger charge is 2.13. The van der Waals surface area contributed by atoms with Crippen LogP contribution in [0.1, 0.15) is 94.6 Å². The Morgan fingerprint density at radius 2 is 0.880 bits per heavy atom. The first-order valence-corrected chi connectivity index (χ1v) is 32.3. The number of carboxylic acids is 4. The second-order valence-corrected chi connectivity index (χ2v) is 22.2. The van der Waals surface area contributed by atoms with Gasteiger partial charge in [0.15, 0.2) is 32.5 Å². The molecule has 100 heavy (non-hydrogen) atoms. The van der Waals surface area contributed by atoms with Gasteiger partial charge in [0.05, 0.1) is 56.9 Å². The molecule has 1 heterocycles. The lowest BCUT2D eigenvalue weighted by Crippen LogP contribution is -2.37. The standard InChI is InChI=1S/C18H14ClN3O2S.2C10H11N3O2S.C8H6BrClO.C8H6O3.2C2H7N3S.C2H7N.CH4.H2O4S.H2/c1-22(20-10-12-6-2-3-7-13(12)17(23)24)18-21-16(11-25-18)14-8-4-5-9-15(14)19;2*1-13(10(11)16)12-6-7-4-2-3-5-8(7)9(14)15;9-5-8(11)6-3-1-2-4-7(6)10;9-5-6-3-1-2-4-7(6)8(10)11;2*1-5(4)2(3)6;1-2-3;;1-4-5(2)3;/h2-11H,1H3,(H,23,24);2*2-6H,1H3,(H2,11,16)(H,14,15);1-4H,5H2;1-5H,(H,10,11);2*4H2,1H3,(H2,3,6);2-3H2,1H3;1H4;1H,(H,2,3);1H/p-1/b20-10+;2*12-6+;;;;;;;;. The number of carbonyl (C=O) groups excluding carboxylic acids is 2. The number of aldehydes is 1. The summed E-state index contributed by atoms with van der Waals surface area (Å²) < 4.78 is 20.5. The van der Waals surface area contributed by atoms with Gasteiger partial charge in [0.1, 0.15) is 11.4 Å². The molecule has 0 radical (unpaired) electrons. The van der Waals surface area contributed by atoms with Crippen LogP contribution >= 0.6 is 99.3 Å². The molecule has 7 rings (SSSR count). The lowest BCUT2D eigenvalue weighted by molar-refractivity contribution is -0.132. The van der Waals surface area contributed by atoms with Crippen molar-refractivity contribution in [1.29, 1.82) is 0 Å². The van der Waals surface area contributed by atoms with Gasteiger partial charge in [0, 0.05) is 80.4 Å². The van der Waals surface area contributed by atoms with Gasteiger partial charge in [-0.1, -0.05) is 157 Å². The third-order valence-corrected chi connectivity index (χ3v) is 13.9. The van der Waals surface area contributed by atoms with E-state index in [0.29, 0.717) is 49.0 Å². The zero-order chi connectivity index (χ0) is 75.9. The maximum atomic E-state index is 11.2. The van der Waals surface area contributed by atoms with E-state index < -0.39 is 35.2 Å². The lowest BCUT2D eigenvalue weighted by atomic mass is 10.1. The van der Waals surface area contributed by atoms with Crippen LogP contribution in [-0.2, 0) is 15.7 Å². The normalized spacial score (nSPS) is 9.94. The number of nitrogens with zero attached hydrogens (tertiary/aromatic N) is 9. The number of benzene rings is 6. The molecule has 0 saturated carbocycles. The van der Waals surface area contributed by atoms with Crippen molar-refractivity contribution >= 4 is 191 Å². The Morgan fingerprint density at radius 3 is 1.16 bits per heavy atom. The Bertz CT molecular complexity index is 3810. The molecule has 1 atom stereocenters. The number of thiazole rings is 1. The van der Waals surface area contributed by atoms with Gasteiger partial charge in [0.2, 0.25) is 5.13 Å². The van der Waals surface area contributed by atoms with Crippen molar-refractivity contribution in [1.82, 2.24) is 25.0 Å². The number of anilines is 1. The number of carboxylic acid groups (broad SMARTS) is 4. The molecule has 0 aliphatic carbocycles. The van der Waals surface area contributed by atoms with E-state index in [1.54, 1.807) is 137 Å². The third kappa shape index (κ3) is 39.9. The number of ketones is 1. The second kappa shape index (κ2) is 53.7. The SMILES string of the molecule is C.CCN.CN(/N=C/c1ccccc1C(=O)O)C(N)=S.CN(/N=C/c1ccccc1C(=O)O)C(N)=S.CN(/N=C/c1ccccc1C(=O)O)c1nc(-c2ccccc2Cl)cs1.CN(N)C(N)=S.CN(N)C(N)=S.O=C(CBr)c1ccccc1Cl.O=Cc1ccccc1C(=O)O.O=S([O-])OO.[HH]. The molecule has 0 aliphatic heterocycles. The van der Waals surface area contributed by atoms with E-state index in [2.05, 4.69) is 65.0 Å². The van der Waals surface area contributed by atoms with Crippen molar-refractivity contribution in [3.05, 3.63) is 211 Å². The highest BCUT2D eigenvalue weighted by molar-refractivity contribution is 9.09. The summed E-state index contributed by atoms with van der Waals surface area (Å²) in [6.07, 6.45) is 4.86. The number of Topliss-reactive ketones (excluding diaryl/α,β-unsaturated/α-hetero) is 1. The topological polar surface area (TPSA) is 501 Å². The van der Waals surface area contributed by atoms with E-state index >= 15 is 0 Å². The number of hydrogen-bond acceptors (Lipinski definition) is 23. The molecule has 0 amide bonds. The zero-order valence-corrected chi connectivity index (χ0v) is 61.2. The van der Waals surface area contributed by atoms with Crippen molar-refractivity contribution in [2.45, 2.75) is 14.4 Å². The molecule has 0 fully saturated rings. The average Bonchev–Trinajstić information content (AvgIpc) is 1.73. The Kier molecular flexibility index (Phi) is 50.9. The smallest absolute Gasteiger partial charge is 0.336 e. The molecule has 1 aromatic heterocycles. The van der Waals surface area contributed by atoms with Crippen LogP contribution in [0.5, 0.6) is 0 Å². The summed E-state index contributed by atoms with van der Waals surface area (Å²) in [5.74, 6) is 5.95. The van der Waals surface area contributed by atoms with Crippen molar-refractivity contribution in [3.8, 4) is 11.3 Å². The molecule has 7 aromatic rings. The predicted molar refractivity (Wildman–Crippen MR) is 415 cm³/mol. The van der Waals surface area contributed by atoms with Crippen LogP contribution < -0.4 is 45.4 Å². The number of carbonyl (C=O) groups is 6. The van der Waals surface area contributed by atoms with Gasteiger partial charge < -0.3 is 53.6 Å². The van der Waals surface area contributed by atoms with Gasteiger partial charge in [-0.05, 0) is 97.9 Å². The maximum Gasteiger partial charge on any atom is 0.336 e. The highest BCUT2D eigenvalue weighted by Crippen LogP contribution is 2.31. The fourth-order valence-corrected chi connectivity index (χ4v) is 7.40. The van der Waals surface area contributed by atoms with E-state index in [1.165, 1.54) is 74.3 Å². The van der Waals surface area contributed by atoms with E-state index in [0.717, 1.165) is 17.8 Å². The first kappa shape index (κ1) is 94.9. The summed E-state index contributed by atoms with van der Waals surface area (Å²) in [7, 11) is 8.10. The first-order chi connectivity index (χ1) is 46.6. The third-order valence-electron chi connectivity index (χ3n) is 10.6. The summed E-state index contributed by atoms with van der Waals surface area (Å²) in [5, 5.41) is 65.9. The number of aromatic carboxylic acids is 4. The fraction of sp³-hybridized carbons (Fsp3) is 0.148. The van der Waals surface area contributed by atoms with Crippen LogP contribution in [0.25, 0.3) is 11.3 Å². The molecule has 0 spiro atoms. The Hall–Kier alpha value is -9.29. The molecule has 6 aromatic carbocycles. The molecule has 542 valence electrons. The number of hydrazine groups is 2. The molecule has 0 saturated heterocycles. The van der Waals surface area contributed by atoms with Gasteiger partial charge in [-0.15, -0.1) is 15.7 Å². The summed E-state index contributed by atoms with van der Waals surface area (Å²) >= 11 is 31.9. The summed E-state index contributed by atoms with van der Waals surface area (Å²) in [4.78, 5) is 69.3. The van der Waals surface area contributed by atoms with Crippen LogP contribution in [0.2, 0.25) is 10.0 Å². The Balaban J connectivity index is -0.000000555. The molecular weight excluding hydrogens is 1520 g/mol. The first-order valence-electron chi connectivity index (χ1n) is 27.0. The number of rotatable bonds is 16. The van der Waals surface area contributed by atoms with Crippen molar-refractivity contribution in [2.75, 3.05) is 52.1 Å². The molecule has 0 bridgehead atoms. The zero-order valence-electron chi connectivity index (χ0n) is 53.2. The summed E-state index contributed by atoms with van der Waals surface area (Å²) in [6.45, 7) is 2.65. The predicted octanol–water partition coefficient (Wildman–Crippen LogP) is 8.72. The molecule has 1 unspecified atom stereocenters. The number of halogens is 3. The number of aromatic nitrogens is 1. The summed E-state index contributed by atoms with van der Waals surface area (Å²) in [6, 6.07) is 40.4. The lowest BCUT2D eigenvalue weighted by Gasteiger charge is -2.09. The Morgan fingerprint density at radius 1 is 0.590 bits per heavy atom. The van der Waals surface area contributed by atoms with Crippen molar-refractivity contribution in [2.24, 2.45) is 55.7 Å².